The van der Waals surface area contributed by atoms with Crippen LogP contribution >= 0.6 is 23.2 Å². The first kappa shape index (κ1) is 13.5. The van der Waals surface area contributed by atoms with Gasteiger partial charge in [-0.25, -0.2) is 0 Å². The van der Waals surface area contributed by atoms with Crippen molar-refractivity contribution in [3.05, 3.63) is 69.2 Å². The maximum absolute atomic E-state index is 6.58. The van der Waals surface area contributed by atoms with E-state index in [0.717, 1.165) is 21.7 Å². The molecule has 0 spiro atoms. The van der Waals surface area contributed by atoms with Crippen LogP contribution in [-0.4, -0.2) is 0 Å². The standard InChI is InChI=1S/C16H16Cl2/c1-10-4-6-12(3)14(8-10)16(18)13-7-5-11(2)9-15(13)17/h4-9,16H,1-3H3. The minimum absolute atomic E-state index is 0.196. The van der Waals surface area contributed by atoms with Crippen LogP contribution in [0.5, 0.6) is 0 Å². The molecular weight excluding hydrogens is 263 g/mol. The Morgan fingerprint density at radius 3 is 2.11 bits per heavy atom. The summed E-state index contributed by atoms with van der Waals surface area (Å²) in [6.07, 6.45) is 0. The Bertz CT molecular complexity index is 573. The molecule has 2 rings (SSSR count). The molecule has 2 heteroatoms. The van der Waals surface area contributed by atoms with Crippen LogP contribution < -0.4 is 0 Å². The highest BCUT2D eigenvalue weighted by Gasteiger charge is 2.16. The second kappa shape index (κ2) is 5.34. The first-order valence-corrected chi connectivity index (χ1v) is 6.78. The first-order valence-electron chi connectivity index (χ1n) is 5.96. The Kier molecular flexibility index (Phi) is 3.99. The molecule has 0 aliphatic rings. The first-order chi connectivity index (χ1) is 8.49. The Morgan fingerprint density at radius 1 is 0.833 bits per heavy atom. The van der Waals surface area contributed by atoms with E-state index in [2.05, 4.69) is 32.0 Å². The van der Waals surface area contributed by atoms with Gasteiger partial charge in [0.15, 0.2) is 0 Å². The Balaban J connectivity index is 2.47. The fourth-order valence-corrected chi connectivity index (χ4v) is 2.86. The van der Waals surface area contributed by atoms with Gasteiger partial charge in [-0.1, -0.05) is 47.5 Å². The highest BCUT2D eigenvalue weighted by molar-refractivity contribution is 6.33. The molecular formula is C16H16Cl2. The summed E-state index contributed by atoms with van der Waals surface area (Å²) < 4.78 is 0. The molecule has 0 heterocycles. The molecule has 0 aromatic heterocycles. The molecule has 2 aromatic rings. The van der Waals surface area contributed by atoms with Crippen molar-refractivity contribution in [2.75, 3.05) is 0 Å². The van der Waals surface area contributed by atoms with Gasteiger partial charge in [0.2, 0.25) is 0 Å². The van der Waals surface area contributed by atoms with Gasteiger partial charge in [0.1, 0.15) is 0 Å². The smallest absolute Gasteiger partial charge is 0.0852 e. The second-order valence-corrected chi connectivity index (χ2v) is 5.59. The lowest BCUT2D eigenvalue weighted by molar-refractivity contribution is 1.10. The zero-order valence-corrected chi connectivity index (χ0v) is 12.3. The van der Waals surface area contributed by atoms with E-state index in [4.69, 9.17) is 23.2 Å². The number of hydrogen-bond donors (Lipinski definition) is 0. The number of halogens is 2. The largest absolute Gasteiger partial charge is 0.113 e. The van der Waals surface area contributed by atoms with E-state index in [1.54, 1.807) is 0 Å². The van der Waals surface area contributed by atoms with Gasteiger partial charge in [-0.3, -0.25) is 0 Å². The van der Waals surface area contributed by atoms with E-state index in [1.165, 1.54) is 11.1 Å². The molecule has 0 saturated heterocycles. The highest BCUT2D eigenvalue weighted by Crippen LogP contribution is 2.35. The Morgan fingerprint density at radius 2 is 1.44 bits per heavy atom. The molecule has 0 aliphatic heterocycles. The van der Waals surface area contributed by atoms with Gasteiger partial charge in [-0.2, -0.15) is 0 Å². The highest BCUT2D eigenvalue weighted by atomic mass is 35.5. The van der Waals surface area contributed by atoms with Gasteiger partial charge in [0.05, 0.1) is 5.38 Å². The van der Waals surface area contributed by atoms with E-state index in [9.17, 15) is 0 Å². The van der Waals surface area contributed by atoms with E-state index in [0.29, 0.717) is 0 Å². The van der Waals surface area contributed by atoms with Crippen molar-refractivity contribution in [3.8, 4) is 0 Å². The number of hydrogen-bond acceptors (Lipinski definition) is 0. The molecule has 0 amide bonds. The molecule has 2 aromatic carbocycles. The lowest BCUT2D eigenvalue weighted by Crippen LogP contribution is -1.98. The number of rotatable bonds is 2. The molecule has 0 N–H and O–H groups in total. The zero-order chi connectivity index (χ0) is 13.3. The van der Waals surface area contributed by atoms with E-state index >= 15 is 0 Å². The lowest BCUT2D eigenvalue weighted by Gasteiger charge is -2.16. The molecule has 0 saturated carbocycles. The van der Waals surface area contributed by atoms with Crippen LogP contribution in [0, 0.1) is 20.8 Å². The van der Waals surface area contributed by atoms with Gasteiger partial charge in [0, 0.05) is 5.02 Å². The van der Waals surface area contributed by atoms with Crippen molar-refractivity contribution in [1.29, 1.82) is 0 Å². The van der Waals surface area contributed by atoms with E-state index in [1.807, 2.05) is 25.1 Å². The van der Waals surface area contributed by atoms with Crippen molar-refractivity contribution in [3.63, 3.8) is 0 Å². The summed E-state index contributed by atoms with van der Waals surface area (Å²) in [4.78, 5) is 0. The fourth-order valence-electron chi connectivity index (χ4n) is 2.04. The van der Waals surface area contributed by atoms with Crippen molar-refractivity contribution in [2.24, 2.45) is 0 Å². The van der Waals surface area contributed by atoms with Gasteiger partial charge >= 0.3 is 0 Å². The van der Waals surface area contributed by atoms with Crippen LogP contribution in [0.3, 0.4) is 0 Å². The summed E-state index contributed by atoms with van der Waals surface area (Å²) in [7, 11) is 0. The van der Waals surface area contributed by atoms with Crippen LogP contribution in [0.1, 0.15) is 33.2 Å². The van der Waals surface area contributed by atoms with Gasteiger partial charge < -0.3 is 0 Å². The van der Waals surface area contributed by atoms with Gasteiger partial charge in [-0.15, -0.1) is 11.6 Å². The quantitative estimate of drug-likeness (QED) is 0.628. The second-order valence-electron chi connectivity index (χ2n) is 4.75. The molecule has 1 unspecified atom stereocenters. The molecule has 0 fully saturated rings. The van der Waals surface area contributed by atoms with Crippen molar-refractivity contribution < 1.29 is 0 Å². The number of aryl methyl sites for hydroxylation is 3. The molecule has 94 valence electrons. The third-order valence-corrected chi connectivity index (χ3v) is 3.93. The molecule has 1 atom stereocenters. The maximum atomic E-state index is 6.58. The van der Waals surface area contributed by atoms with Crippen molar-refractivity contribution in [1.82, 2.24) is 0 Å². The molecule has 0 aliphatic carbocycles. The van der Waals surface area contributed by atoms with Crippen LogP contribution in [-0.2, 0) is 0 Å². The fraction of sp³-hybridized carbons (Fsp3) is 0.250. The summed E-state index contributed by atoms with van der Waals surface area (Å²) in [5, 5.41) is 0.536. The number of alkyl halides is 1. The van der Waals surface area contributed by atoms with Crippen molar-refractivity contribution >= 4 is 23.2 Å². The number of benzene rings is 2. The Labute approximate surface area is 119 Å². The van der Waals surface area contributed by atoms with Gasteiger partial charge in [-0.05, 0) is 49.1 Å². The maximum Gasteiger partial charge on any atom is 0.0852 e. The molecule has 0 nitrogen and oxygen atoms in total. The normalized spacial score (nSPS) is 12.5. The average Bonchev–Trinajstić information content (AvgIpc) is 2.31. The predicted octanol–water partition coefficient (Wildman–Crippen LogP) is 5.59. The minimum atomic E-state index is -0.196. The molecule has 0 bridgehead atoms. The minimum Gasteiger partial charge on any atom is -0.113 e. The van der Waals surface area contributed by atoms with Crippen LogP contribution in [0.25, 0.3) is 0 Å². The summed E-state index contributed by atoms with van der Waals surface area (Å²) >= 11 is 12.9. The summed E-state index contributed by atoms with van der Waals surface area (Å²) in [5.74, 6) is 0. The monoisotopic (exact) mass is 278 g/mol. The van der Waals surface area contributed by atoms with Crippen molar-refractivity contribution in [2.45, 2.75) is 26.1 Å². The lowest BCUT2D eigenvalue weighted by atomic mass is 9.97. The summed E-state index contributed by atoms with van der Waals surface area (Å²) in [6.45, 7) is 6.17. The Hall–Kier alpha value is -0.980. The van der Waals surface area contributed by atoms with Crippen LogP contribution in [0.15, 0.2) is 36.4 Å². The van der Waals surface area contributed by atoms with Crippen LogP contribution in [0.2, 0.25) is 5.02 Å². The molecule has 18 heavy (non-hydrogen) atoms. The van der Waals surface area contributed by atoms with E-state index in [-0.39, 0.29) is 5.38 Å². The SMILES string of the molecule is Cc1ccc(C(Cl)c2cc(C)ccc2C)c(Cl)c1. The topological polar surface area (TPSA) is 0 Å². The van der Waals surface area contributed by atoms with E-state index < -0.39 is 0 Å². The average molecular weight is 279 g/mol. The van der Waals surface area contributed by atoms with Crippen LogP contribution in [0.4, 0.5) is 0 Å². The van der Waals surface area contributed by atoms with Gasteiger partial charge in [0.25, 0.3) is 0 Å². The third-order valence-electron chi connectivity index (χ3n) is 3.14. The third kappa shape index (κ3) is 2.71. The predicted molar refractivity (Wildman–Crippen MR) is 79.8 cm³/mol. The molecule has 0 radical (unpaired) electrons. The summed E-state index contributed by atoms with van der Waals surface area (Å²) in [5.41, 5.74) is 5.65. The zero-order valence-electron chi connectivity index (χ0n) is 10.8. The summed E-state index contributed by atoms with van der Waals surface area (Å²) in [6, 6.07) is 12.3.